The van der Waals surface area contributed by atoms with Gasteiger partial charge in [-0.25, -0.2) is 5.43 Å². The first-order chi connectivity index (χ1) is 7.24. The summed E-state index contributed by atoms with van der Waals surface area (Å²) in [6.45, 7) is 1.97. The van der Waals surface area contributed by atoms with Gasteiger partial charge in [0.15, 0.2) is 0 Å². The van der Waals surface area contributed by atoms with Crippen LogP contribution in [0.15, 0.2) is 22.9 Å². The lowest BCUT2D eigenvalue weighted by Gasteiger charge is -2.13. The second-order valence-electron chi connectivity index (χ2n) is 3.35. The van der Waals surface area contributed by atoms with Crippen molar-refractivity contribution in [3.8, 4) is 0 Å². The fraction of sp³-hybridized carbons (Fsp3) is 0.333. The minimum atomic E-state index is -0.222. The van der Waals surface area contributed by atoms with Crippen LogP contribution < -0.4 is 11.3 Å². The molecule has 0 amide bonds. The molecule has 0 spiro atoms. The number of nitrogens with two attached hydrogens (primary N) is 1. The molecule has 0 aromatic carbocycles. The van der Waals surface area contributed by atoms with E-state index in [-0.39, 0.29) is 6.04 Å². The summed E-state index contributed by atoms with van der Waals surface area (Å²) in [6.07, 6.45) is 3.30. The van der Waals surface area contributed by atoms with E-state index in [1.807, 2.05) is 20.0 Å². The molecule has 0 aliphatic carbocycles. The molecule has 3 N–H and O–H groups in total. The van der Waals surface area contributed by atoms with Crippen molar-refractivity contribution in [2.75, 3.05) is 0 Å². The van der Waals surface area contributed by atoms with Crippen LogP contribution in [0.25, 0.3) is 0 Å². The van der Waals surface area contributed by atoms with E-state index in [0.29, 0.717) is 0 Å². The fourth-order valence-corrected chi connectivity index (χ4v) is 1.53. The molecule has 6 heteroatoms. The first kappa shape index (κ1) is 9.88. The number of nitrogens with one attached hydrogen (secondary N) is 1. The number of nitrogens with zero attached hydrogens (tertiary/aromatic N) is 3. The van der Waals surface area contributed by atoms with Crippen molar-refractivity contribution in [3.63, 3.8) is 0 Å². The quantitative estimate of drug-likeness (QED) is 0.557. The summed E-state index contributed by atoms with van der Waals surface area (Å²) in [4.78, 5) is 0. The largest absolute Gasteiger partial charge is 0.467 e. The van der Waals surface area contributed by atoms with Gasteiger partial charge in [-0.1, -0.05) is 5.21 Å². The number of aryl methyl sites for hydroxylation is 2. The third-order valence-electron chi connectivity index (χ3n) is 2.38. The lowest BCUT2D eigenvalue weighted by Crippen LogP contribution is -2.30. The molecule has 15 heavy (non-hydrogen) atoms. The molecule has 6 nitrogen and oxygen atoms in total. The average molecular weight is 207 g/mol. The van der Waals surface area contributed by atoms with E-state index in [0.717, 1.165) is 17.0 Å². The summed E-state index contributed by atoms with van der Waals surface area (Å²) in [7, 11) is 1.81. The average Bonchev–Trinajstić information content (AvgIpc) is 2.80. The molecule has 2 rings (SSSR count). The first-order valence-corrected chi connectivity index (χ1v) is 4.58. The molecule has 0 fully saturated rings. The van der Waals surface area contributed by atoms with Gasteiger partial charge in [-0.3, -0.25) is 10.5 Å². The molecule has 2 aromatic rings. The summed E-state index contributed by atoms with van der Waals surface area (Å²) in [5.41, 5.74) is 4.59. The van der Waals surface area contributed by atoms with Crippen molar-refractivity contribution >= 4 is 0 Å². The highest BCUT2D eigenvalue weighted by atomic mass is 16.3. The summed E-state index contributed by atoms with van der Waals surface area (Å²) >= 11 is 0. The minimum Gasteiger partial charge on any atom is -0.467 e. The van der Waals surface area contributed by atoms with E-state index in [9.17, 15) is 0 Å². The monoisotopic (exact) mass is 207 g/mol. The maximum Gasteiger partial charge on any atom is 0.131 e. The molecule has 0 aliphatic heterocycles. The van der Waals surface area contributed by atoms with Gasteiger partial charge in [-0.15, -0.1) is 5.10 Å². The van der Waals surface area contributed by atoms with Gasteiger partial charge >= 0.3 is 0 Å². The Morgan fingerprint density at radius 1 is 1.60 bits per heavy atom. The molecule has 80 valence electrons. The standard InChI is InChI=1S/C9H13N5O/c1-6-3-4-15-9(6)8(12-10)7-5-11-13-14(7)2/h3-5,8,12H,10H2,1-2H3. The van der Waals surface area contributed by atoms with Crippen LogP contribution in [0.3, 0.4) is 0 Å². The molecule has 0 aliphatic rings. The molecule has 1 atom stereocenters. The highest BCUT2D eigenvalue weighted by Gasteiger charge is 2.21. The van der Waals surface area contributed by atoms with Crippen molar-refractivity contribution in [2.24, 2.45) is 12.9 Å². The Morgan fingerprint density at radius 2 is 2.40 bits per heavy atom. The third kappa shape index (κ3) is 1.64. The number of furan rings is 1. The zero-order valence-electron chi connectivity index (χ0n) is 8.64. The van der Waals surface area contributed by atoms with E-state index >= 15 is 0 Å². The van der Waals surface area contributed by atoms with Crippen LogP contribution in [0.4, 0.5) is 0 Å². The zero-order valence-corrected chi connectivity index (χ0v) is 8.64. The maximum absolute atomic E-state index is 5.51. The van der Waals surface area contributed by atoms with Crippen LogP contribution in [0.1, 0.15) is 23.1 Å². The topological polar surface area (TPSA) is 81.9 Å². The number of hydrogen-bond acceptors (Lipinski definition) is 5. The van der Waals surface area contributed by atoms with Crippen molar-refractivity contribution in [1.29, 1.82) is 0 Å². The molecule has 0 radical (unpaired) electrons. The zero-order chi connectivity index (χ0) is 10.8. The highest BCUT2D eigenvalue weighted by molar-refractivity contribution is 5.25. The van der Waals surface area contributed by atoms with Crippen molar-refractivity contribution in [1.82, 2.24) is 20.4 Å². The molecule has 2 aromatic heterocycles. The van der Waals surface area contributed by atoms with Gasteiger partial charge in [-0.05, 0) is 18.6 Å². The fourth-order valence-electron chi connectivity index (χ4n) is 1.53. The van der Waals surface area contributed by atoms with Crippen LogP contribution in [-0.2, 0) is 7.05 Å². The maximum atomic E-state index is 5.51. The predicted molar refractivity (Wildman–Crippen MR) is 53.6 cm³/mol. The Labute approximate surface area is 87.0 Å². The van der Waals surface area contributed by atoms with Crippen molar-refractivity contribution in [3.05, 3.63) is 35.5 Å². The van der Waals surface area contributed by atoms with Crippen LogP contribution in [0.2, 0.25) is 0 Å². The Kier molecular flexibility index (Phi) is 2.53. The number of hydrazine groups is 1. The van der Waals surface area contributed by atoms with Gasteiger partial charge in [0.2, 0.25) is 0 Å². The smallest absolute Gasteiger partial charge is 0.131 e. The SMILES string of the molecule is Cc1ccoc1C(NN)c1cnnn1C. The molecule has 0 saturated heterocycles. The Bertz CT molecular complexity index is 407. The molecular formula is C9H13N5O. The number of rotatable bonds is 3. The van der Waals surface area contributed by atoms with Gasteiger partial charge in [0, 0.05) is 7.05 Å². The summed E-state index contributed by atoms with van der Waals surface area (Å²) in [5, 5.41) is 7.66. The van der Waals surface area contributed by atoms with Crippen LogP contribution in [-0.4, -0.2) is 15.0 Å². The van der Waals surface area contributed by atoms with Gasteiger partial charge in [0.05, 0.1) is 18.2 Å². The predicted octanol–water partition coefficient (Wildman–Crippen LogP) is 0.269. The van der Waals surface area contributed by atoms with Gasteiger partial charge in [0.25, 0.3) is 0 Å². The van der Waals surface area contributed by atoms with Crippen LogP contribution >= 0.6 is 0 Å². The second-order valence-corrected chi connectivity index (χ2v) is 3.35. The Hall–Kier alpha value is -1.66. The van der Waals surface area contributed by atoms with Gasteiger partial charge < -0.3 is 4.42 Å². The lowest BCUT2D eigenvalue weighted by atomic mass is 10.1. The van der Waals surface area contributed by atoms with E-state index in [4.69, 9.17) is 10.3 Å². The van der Waals surface area contributed by atoms with Crippen LogP contribution in [0, 0.1) is 6.92 Å². The first-order valence-electron chi connectivity index (χ1n) is 4.58. The Balaban J connectivity index is 2.41. The van der Waals surface area contributed by atoms with E-state index < -0.39 is 0 Å². The summed E-state index contributed by atoms with van der Waals surface area (Å²) in [6, 6.07) is 1.67. The van der Waals surface area contributed by atoms with E-state index in [2.05, 4.69) is 15.7 Å². The normalized spacial score (nSPS) is 13.0. The van der Waals surface area contributed by atoms with Crippen molar-refractivity contribution < 1.29 is 4.42 Å². The second kappa shape index (κ2) is 3.84. The number of hydrogen-bond donors (Lipinski definition) is 2. The minimum absolute atomic E-state index is 0.222. The Morgan fingerprint density at radius 3 is 2.87 bits per heavy atom. The molecule has 2 heterocycles. The molecular weight excluding hydrogens is 194 g/mol. The van der Waals surface area contributed by atoms with E-state index in [1.165, 1.54) is 0 Å². The van der Waals surface area contributed by atoms with Crippen molar-refractivity contribution in [2.45, 2.75) is 13.0 Å². The summed E-state index contributed by atoms with van der Waals surface area (Å²) < 4.78 is 7.04. The highest BCUT2D eigenvalue weighted by Crippen LogP contribution is 2.23. The molecule has 0 bridgehead atoms. The third-order valence-corrected chi connectivity index (χ3v) is 2.38. The van der Waals surface area contributed by atoms with Crippen LogP contribution in [0.5, 0.6) is 0 Å². The van der Waals surface area contributed by atoms with E-state index in [1.54, 1.807) is 17.1 Å². The van der Waals surface area contributed by atoms with Gasteiger partial charge in [-0.2, -0.15) is 0 Å². The summed E-state index contributed by atoms with van der Waals surface area (Å²) in [5.74, 6) is 6.29. The molecule has 1 unspecified atom stereocenters. The lowest BCUT2D eigenvalue weighted by molar-refractivity contribution is 0.434. The number of aromatic nitrogens is 3. The molecule has 0 saturated carbocycles. The van der Waals surface area contributed by atoms with Gasteiger partial charge in [0.1, 0.15) is 11.8 Å².